The Bertz CT molecular complexity index is 920. The molecule has 0 aromatic heterocycles. The van der Waals surface area contributed by atoms with Gasteiger partial charge in [0.1, 0.15) is 5.75 Å². The van der Waals surface area contributed by atoms with Gasteiger partial charge < -0.3 is 19.3 Å². The average Bonchev–Trinajstić information content (AvgIpc) is 2.68. The van der Waals surface area contributed by atoms with Gasteiger partial charge in [0.15, 0.2) is 24.2 Å². The van der Waals surface area contributed by atoms with Crippen molar-refractivity contribution in [2.24, 2.45) is 5.10 Å². The highest BCUT2D eigenvalue weighted by atomic mass is 35.5. The van der Waals surface area contributed by atoms with E-state index in [1.54, 1.807) is 30.3 Å². The Hall–Kier alpha value is -2.97. The quantitative estimate of drug-likeness (QED) is 0.457. The largest absolute Gasteiger partial charge is 0.493 e. The molecule has 0 spiro atoms. The van der Waals surface area contributed by atoms with E-state index in [9.17, 15) is 9.59 Å². The third-order valence-corrected chi connectivity index (χ3v) is 4.03. The molecule has 0 unspecified atom stereocenters. The molecule has 2 rings (SSSR count). The fraction of sp³-hybridized carbons (Fsp3) is 0.211. The number of carbonyl (C=O) groups excluding carboxylic acids is 1. The third-order valence-electron chi connectivity index (χ3n) is 3.49. The Labute approximate surface area is 177 Å². The van der Waals surface area contributed by atoms with Crippen LogP contribution in [-0.4, -0.2) is 43.0 Å². The summed E-state index contributed by atoms with van der Waals surface area (Å²) in [5.41, 5.74) is 2.91. The lowest BCUT2D eigenvalue weighted by Crippen LogP contribution is -2.24. The van der Waals surface area contributed by atoms with Gasteiger partial charge in [-0.25, -0.2) is 10.2 Å². The zero-order chi connectivity index (χ0) is 21.4. The maximum Gasteiger partial charge on any atom is 0.344 e. The summed E-state index contributed by atoms with van der Waals surface area (Å²) in [5, 5.41) is 13.5. The summed E-state index contributed by atoms with van der Waals surface area (Å²) in [4.78, 5) is 22.7. The van der Waals surface area contributed by atoms with E-state index in [-0.39, 0.29) is 12.4 Å². The van der Waals surface area contributed by atoms with Crippen molar-refractivity contribution in [2.45, 2.75) is 13.0 Å². The number of aliphatic carboxylic acids is 1. The summed E-state index contributed by atoms with van der Waals surface area (Å²) in [6, 6.07) is 9.42. The lowest BCUT2D eigenvalue weighted by atomic mass is 10.2. The fourth-order valence-corrected chi connectivity index (χ4v) is 2.51. The number of nitrogens with one attached hydrogen (secondary N) is 1. The van der Waals surface area contributed by atoms with Gasteiger partial charge in [-0.1, -0.05) is 23.2 Å². The molecule has 0 bridgehead atoms. The SMILES string of the molecule is COc1cc(/C=N/NC(=O)COc2ccc(Cl)cc2Cl)ccc1O[C@@H](C)C(=O)O. The lowest BCUT2D eigenvalue weighted by Gasteiger charge is -2.14. The van der Waals surface area contributed by atoms with Gasteiger partial charge in [-0.15, -0.1) is 0 Å². The average molecular weight is 441 g/mol. The molecule has 0 aliphatic rings. The Balaban J connectivity index is 1.91. The lowest BCUT2D eigenvalue weighted by molar-refractivity contribution is -0.144. The Morgan fingerprint density at radius 2 is 1.90 bits per heavy atom. The molecule has 154 valence electrons. The number of amides is 1. The number of rotatable bonds is 9. The molecule has 0 fully saturated rings. The van der Waals surface area contributed by atoms with Crippen molar-refractivity contribution in [3.8, 4) is 17.2 Å². The molecule has 2 aromatic rings. The number of carboxylic acid groups (broad SMARTS) is 1. The minimum absolute atomic E-state index is 0.275. The first-order chi connectivity index (χ1) is 13.8. The zero-order valence-corrected chi connectivity index (χ0v) is 17.0. The van der Waals surface area contributed by atoms with Gasteiger partial charge >= 0.3 is 5.97 Å². The summed E-state index contributed by atoms with van der Waals surface area (Å²) in [6.07, 6.45) is 0.358. The number of hydrogen-bond donors (Lipinski definition) is 2. The van der Waals surface area contributed by atoms with Crippen LogP contribution in [0.4, 0.5) is 0 Å². The van der Waals surface area contributed by atoms with Crippen LogP contribution < -0.4 is 19.6 Å². The number of hydrogen-bond acceptors (Lipinski definition) is 6. The van der Waals surface area contributed by atoms with E-state index in [2.05, 4.69) is 10.5 Å². The van der Waals surface area contributed by atoms with Gasteiger partial charge in [-0.2, -0.15) is 5.10 Å². The zero-order valence-electron chi connectivity index (χ0n) is 15.5. The summed E-state index contributed by atoms with van der Waals surface area (Å²) >= 11 is 11.8. The number of nitrogens with zero attached hydrogens (tertiary/aromatic N) is 1. The first-order valence-corrected chi connectivity index (χ1v) is 9.03. The van der Waals surface area contributed by atoms with Crippen molar-refractivity contribution in [3.63, 3.8) is 0 Å². The summed E-state index contributed by atoms with van der Waals surface area (Å²) in [7, 11) is 1.43. The predicted molar refractivity (Wildman–Crippen MR) is 108 cm³/mol. The van der Waals surface area contributed by atoms with Crippen molar-refractivity contribution in [1.29, 1.82) is 0 Å². The van der Waals surface area contributed by atoms with Crippen LogP contribution in [0, 0.1) is 0 Å². The Morgan fingerprint density at radius 3 is 2.55 bits per heavy atom. The highest BCUT2D eigenvalue weighted by Gasteiger charge is 2.15. The van der Waals surface area contributed by atoms with Crippen LogP contribution in [0.1, 0.15) is 12.5 Å². The van der Waals surface area contributed by atoms with Crippen LogP contribution in [0.25, 0.3) is 0 Å². The highest BCUT2D eigenvalue weighted by Crippen LogP contribution is 2.29. The van der Waals surface area contributed by atoms with Crippen molar-refractivity contribution in [3.05, 3.63) is 52.0 Å². The summed E-state index contributed by atoms with van der Waals surface area (Å²) in [5.74, 6) is -0.658. The number of halogens is 2. The van der Waals surface area contributed by atoms with Crippen LogP contribution in [-0.2, 0) is 9.59 Å². The number of carboxylic acids is 1. The number of ether oxygens (including phenoxy) is 3. The molecule has 0 saturated heterocycles. The molecule has 1 atom stereocenters. The van der Waals surface area contributed by atoms with Crippen LogP contribution in [0.5, 0.6) is 17.2 Å². The molecule has 2 aromatic carbocycles. The molecule has 0 saturated carbocycles. The third kappa shape index (κ3) is 6.85. The molecule has 1 amide bonds. The second kappa shape index (κ2) is 10.5. The minimum Gasteiger partial charge on any atom is -0.493 e. The van der Waals surface area contributed by atoms with Gasteiger partial charge in [-0.3, -0.25) is 4.79 Å². The first-order valence-electron chi connectivity index (χ1n) is 8.27. The molecule has 0 aliphatic carbocycles. The Morgan fingerprint density at radius 1 is 1.17 bits per heavy atom. The van der Waals surface area contributed by atoms with E-state index in [1.807, 2.05) is 0 Å². The summed E-state index contributed by atoms with van der Waals surface area (Å²) in [6.45, 7) is 1.12. The minimum atomic E-state index is -1.09. The van der Waals surface area contributed by atoms with Crippen LogP contribution in [0.2, 0.25) is 10.0 Å². The molecule has 29 heavy (non-hydrogen) atoms. The van der Waals surface area contributed by atoms with Crippen molar-refractivity contribution >= 4 is 41.3 Å². The van der Waals surface area contributed by atoms with E-state index in [0.29, 0.717) is 27.1 Å². The van der Waals surface area contributed by atoms with E-state index in [4.69, 9.17) is 42.5 Å². The second-order valence-electron chi connectivity index (χ2n) is 5.67. The number of carbonyl (C=O) groups is 2. The highest BCUT2D eigenvalue weighted by molar-refractivity contribution is 6.35. The van der Waals surface area contributed by atoms with Gasteiger partial charge in [0.25, 0.3) is 5.91 Å². The molecule has 2 N–H and O–H groups in total. The van der Waals surface area contributed by atoms with E-state index < -0.39 is 18.0 Å². The van der Waals surface area contributed by atoms with Crippen LogP contribution in [0.3, 0.4) is 0 Å². The Kier molecular flexibility index (Phi) is 8.11. The number of hydrazone groups is 1. The van der Waals surface area contributed by atoms with Gasteiger partial charge in [0, 0.05) is 5.02 Å². The van der Waals surface area contributed by atoms with Crippen molar-refractivity contribution in [2.75, 3.05) is 13.7 Å². The topological polar surface area (TPSA) is 106 Å². The molecular formula is C19H18Cl2N2O6. The monoisotopic (exact) mass is 440 g/mol. The summed E-state index contributed by atoms with van der Waals surface area (Å²) < 4.78 is 15.8. The van der Waals surface area contributed by atoms with Crippen LogP contribution >= 0.6 is 23.2 Å². The molecule has 8 nitrogen and oxygen atoms in total. The molecular weight excluding hydrogens is 423 g/mol. The van der Waals surface area contributed by atoms with Gasteiger partial charge in [-0.05, 0) is 48.9 Å². The first kappa shape index (κ1) is 22.3. The van der Waals surface area contributed by atoms with E-state index in [0.717, 1.165) is 0 Å². The van der Waals surface area contributed by atoms with Crippen molar-refractivity contribution in [1.82, 2.24) is 5.43 Å². The smallest absolute Gasteiger partial charge is 0.344 e. The van der Waals surface area contributed by atoms with Gasteiger partial charge in [0.2, 0.25) is 0 Å². The normalized spacial score (nSPS) is 11.7. The number of benzene rings is 2. The molecule has 0 radical (unpaired) electrons. The second-order valence-corrected chi connectivity index (χ2v) is 6.51. The molecule has 0 aliphatic heterocycles. The van der Waals surface area contributed by atoms with Crippen LogP contribution in [0.15, 0.2) is 41.5 Å². The van der Waals surface area contributed by atoms with E-state index in [1.165, 1.54) is 26.3 Å². The maximum atomic E-state index is 11.8. The maximum absolute atomic E-state index is 11.8. The molecule has 10 heteroatoms. The predicted octanol–water partition coefficient (Wildman–Crippen LogP) is 3.38. The van der Waals surface area contributed by atoms with E-state index >= 15 is 0 Å². The number of methoxy groups -OCH3 is 1. The van der Waals surface area contributed by atoms with Crippen molar-refractivity contribution < 1.29 is 28.9 Å². The fourth-order valence-electron chi connectivity index (χ4n) is 2.05. The standard InChI is InChI=1S/C19H18Cl2N2O6/c1-11(19(25)26)29-16-5-3-12(7-17(16)27-2)9-22-23-18(24)10-28-15-6-4-13(20)8-14(15)21/h3-9,11H,10H2,1-2H3,(H,23,24)(H,25,26)/b22-9+/t11-/m0/s1. The van der Waals surface area contributed by atoms with Gasteiger partial charge in [0.05, 0.1) is 18.3 Å². The molecule has 0 heterocycles.